The third kappa shape index (κ3) is 3.22. The fourth-order valence-corrected chi connectivity index (χ4v) is 3.65. The van der Waals surface area contributed by atoms with E-state index in [9.17, 15) is 9.59 Å². The number of carbonyl (C=O) groups is 2. The predicted molar refractivity (Wildman–Crippen MR) is 87.3 cm³/mol. The molecular formula is C16H28N2O2S. The molecule has 0 aliphatic carbocycles. The fraction of sp³-hybridized carbons (Fsp3) is 0.875. The van der Waals surface area contributed by atoms with Crippen LogP contribution in [0.5, 0.6) is 0 Å². The van der Waals surface area contributed by atoms with Crippen LogP contribution < -0.4 is 0 Å². The van der Waals surface area contributed by atoms with E-state index >= 15 is 0 Å². The summed E-state index contributed by atoms with van der Waals surface area (Å²) in [5, 5.41) is 0. The van der Waals surface area contributed by atoms with E-state index in [0.29, 0.717) is 6.54 Å². The van der Waals surface area contributed by atoms with E-state index in [-0.39, 0.29) is 34.6 Å². The van der Waals surface area contributed by atoms with Crippen molar-refractivity contribution < 1.29 is 9.59 Å². The minimum atomic E-state index is -0.293. The van der Waals surface area contributed by atoms with Crippen LogP contribution in [0.25, 0.3) is 0 Å². The van der Waals surface area contributed by atoms with Gasteiger partial charge in [-0.15, -0.1) is 0 Å². The highest BCUT2D eigenvalue weighted by atomic mass is 32.2. The minimum Gasteiger partial charge on any atom is -0.329 e. The lowest BCUT2D eigenvalue weighted by Crippen LogP contribution is -2.68. The molecule has 0 N–H and O–H groups in total. The average Bonchev–Trinajstić information content (AvgIpc) is 2.44. The van der Waals surface area contributed by atoms with Crippen molar-refractivity contribution in [2.24, 2.45) is 5.92 Å². The van der Waals surface area contributed by atoms with Crippen LogP contribution in [0.1, 0.15) is 47.0 Å². The first-order chi connectivity index (χ1) is 9.78. The van der Waals surface area contributed by atoms with E-state index in [4.69, 9.17) is 0 Å². The average molecular weight is 312 g/mol. The molecule has 2 rings (SSSR count). The second-order valence-corrected chi connectivity index (χ2v) is 8.68. The Hall–Kier alpha value is -0.710. The largest absolute Gasteiger partial charge is 0.329 e. The zero-order valence-corrected chi connectivity index (χ0v) is 14.7. The molecule has 2 fully saturated rings. The van der Waals surface area contributed by atoms with Gasteiger partial charge >= 0.3 is 0 Å². The Morgan fingerprint density at radius 2 is 1.90 bits per heavy atom. The smallest absolute Gasteiger partial charge is 0.246 e. The molecule has 0 aromatic heterocycles. The maximum atomic E-state index is 12.9. The standard InChI is InChI=1S/C16H28N2O2S/c1-11(2)13-15(20)17-9-7-6-8-12(17)14(19)18(13)10-16(3,4)21-5/h11-13H,6-10H2,1-5H3. The summed E-state index contributed by atoms with van der Waals surface area (Å²) in [5.41, 5.74) is 0. The Kier molecular flexibility index (Phi) is 4.91. The molecule has 21 heavy (non-hydrogen) atoms. The summed E-state index contributed by atoms with van der Waals surface area (Å²) in [6.45, 7) is 9.75. The Morgan fingerprint density at radius 3 is 2.48 bits per heavy atom. The van der Waals surface area contributed by atoms with Gasteiger partial charge < -0.3 is 9.80 Å². The summed E-state index contributed by atoms with van der Waals surface area (Å²) in [4.78, 5) is 29.5. The van der Waals surface area contributed by atoms with E-state index < -0.39 is 0 Å². The quantitative estimate of drug-likeness (QED) is 0.800. The summed E-state index contributed by atoms with van der Waals surface area (Å²) in [7, 11) is 0. The third-order valence-electron chi connectivity index (χ3n) is 4.68. The van der Waals surface area contributed by atoms with Crippen LogP contribution in [0, 0.1) is 5.92 Å². The fourth-order valence-electron chi connectivity index (χ4n) is 3.38. The first-order valence-electron chi connectivity index (χ1n) is 7.94. The Balaban J connectivity index is 2.30. The minimum absolute atomic E-state index is 0.0279. The number of carbonyl (C=O) groups excluding carboxylic acids is 2. The summed E-state index contributed by atoms with van der Waals surface area (Å²) in [5.74, 6) is 0.475. The van der Waals surface area contributed by atoms with Crippen molar-refractivity contribution in [1.29, 1.82) is 0 Å². The van der Waals surface area contributed by atoms with Gasteiger partial charge in [0, 0.05) is 17.8 Å². The number of thioether (sulfide) groups is 1. The van der Waals surface area contributed by atoms with Gasteiger partial charge in [0.1, 0.15) is 12.1 Å². The maximum Gasteiger partial charge on any atom is 0.246 e. The number of fused-ring (bicyclic) bond motifs is 1. The summed E-state index contributed by atoms with van der Waals surface area (Å²) < 4.78 is -0.0279. The molecule has 2 atom stereocenters. The van der Waals surface area contributed by atoms with E-state index in [0.717, 1.165) is 25.8 Å². The van der Waals surface area contributed by atoms with Gasteiger partial charge in [-0.3, -0.25) is 9.59 Å². The molecule has 0 aromatic rings. The van der Waals surface area contributed by atoms with Gasteiger partial charge in [0.05, 0.1) is 0 Å². The van der Waals surface area contributed by atoms with Gasteiger partial charge in [-0.1, -0.05) is 13.8 Å². The molecule has 4 nitrogen and oxygen atoms in total. The zero-order chi connectivity index (χ0) is 15.8. The lowest BCUT2D eigenvalue weighted by molar-refractivity contribution is -0.166. The Morgan fingerprint density at radius 1 is 1.24 bits per heavy atom. The highest BCUT2D eigenvalue weighted by molar-refractivity contribution is 7.99. The molecule has 0 radical (unpaired) electrons. The van der Waals surface area contributed by atoms with E-state index in [1.54, 1.807) is 11.8 Å². The van der Waals surface area contributed by atoms with Crippen LogP contribution in [0.4, 0.5) is 0 Å². The summed E-state index contributed by atoms with van der Waals surface area (Å²) >= 11 is 1.75. The van der Waals surface area contributed by atoms with E-state index in [1.165, 1.54) is 0 Å². The van der Waals surface area contributed by atoms with Crippen molar-refractivity contribution in [2.75, 3.05) is 19.3 Å². The second kappa shape index (κ2) is 6.19. The molecule has 0 spiro atoms. The number of piperidine rings is 1. The number of rotatable bonds is 4. The number of piperazine rings is 1. The van der Waals surface area contributed by atoms with E-state index in [1.807, 2.05) is 23.6 Å². The summed E-state index contributed by atoms with van der Waals surface area (Å²) in [6.07, 6.45) is 4.96. The highest BCUT2D eigenvalue weighted by Gasteiger charge is 2.48. The maximum absolute atomic E-state index is 12.9. The first-order valence-corrected chi connectivity index (χ1v) is 9.17. The number of amides is 2. The molecule has 5 heteroatoms. The van der Waals surface area contributed by atoms with Gasteiger partial charge in [-0.2, -0.15) is 11.8 Å². The first kappa shape index (κ1) is 16.7. The van der Waals surface area contributed by atoms with Crippen LogP contribution in [0.2, 0.25) is 0 Å². The lowest BCUT2D eigenvalue weighted by atomic mass is 9.90. The van der Waals surface area contributed by atoms with Crippen molar-refractivity contribution in [3.8, 4) is 0 Å². The van der Waals surface area contributed by atoms with Crippen LogP contribution >= 0.6 is 11.8 Å². The van der Waals surface area contributed by atoms with Crippen molar-refractivity contribution in [3.05, 3.63) is 0 Å². The number of hydrogen-bond donors (Lipinski definition) is 0. The van der Waals surface area contributed by atoms with Crippen LogP contribution in [0.15, 0.2) is 0 Å². The van der Waals surface area contributed by atoms with Crippen molar-refractivity contribution in [2.45, 2.75) is 63.8 Å². The molecule has 0 saturated carbocycles. The van der Waals surface area contributed by atoms with Gasteiger partial charge in [0.2, 0.25) is 11.8 Å². The van der Waals surface area contributed by atoms with Crippen LogP contribution in [-0.4, -0.2) is 57.8 Å². The molecule has 2 aliphatic heterocycles. The van der Waals surface area contributed by atoms with Gasteiger partial charge in [-0.05, 0) is 45.3 Å². The zero-order valence-electron chi connectivity index (χ0n) is 13.9. The molecular weight excluding hydrogens is 284 g/mol. The SMILES string of the molecule is CSC(C)(C)CN1C(=O)C2CCCCN2C(=O)C1C(C)C. The van der Waals surface area contributed by atoms with Gasteiger partial charge in [0.15, 0.2) is 0 Å². The highest BCUT2D eigenvalue weighted by Crippen LogP contribution is 2.32. The second-order valence-electron chi connectivity index (χ2n) is 7.16. The van der Waals surface area contributed by atoms with E-state index in [2.05, 4.69) is 20.1 Å². The molecule has 120 valence electrons. The Bertz CT molecular complexity index is 423. The molecule has 2 heterocycles. The molecule has 2 saturated heterocycles. The lowest BCUT2D eigenvalue weighted by Gasteiger charge is -2.49. The van der Waals surface area contributed by atoms with Crippen molar-refractivity contribution >= 4 is 23.6 Å². The van der Waals surface area contributed by atoms with Crippen molar-refractivity contribution in [1.82, 2.24) is 9.80 Å². The topological polar surface area (TPSA) is 40.6 Å². The molecule has 0 aromatic carbocycles. The molecule has 0 bridgehead atoms. The van der Waals surface area contributed by atoms with Crippen molar-refractivity contribution in [3.63, 3.8) is 0 Å². The molecule has 2 unspecified atom stereocenters. The number of nitrogens with zero attached hydrogens (tertiary/aromatic N) is 2. The normalized spacial score (nSPS) is 27.3. The van der Waals surface area contributed by atoms with Crippen LogP contribution in [-0.2, 0) is 9.59 Å². The number of hydrogen-bond acceptors (Lipinski definition) is 3. The Labute approximate surface area is 132 Å². The molecule has 2 aliphatic rings. The molecule has 2 amide bonds. The third-order valence-corrected chi connectivity index (χ3v) is 5.91. The predicted octanol–water partition coefficient (Wildman–Crippen LogP) is 2.38. The van der Waals surface area contributed by atoms with Crippen LogP contribution in [0.3, 0.4) is 0 Å². The monoisotopic (exact) mass is 312 g/mol. The van der Waals surface area contributed by atoms with Gasteiger partial charge in [0.25, 0.3) is 0 Å². The summed E-state index contributed by atoms with van der Waals surface area (Å²) in [6, 6.07) is -0.503. The van der Waals surface area contributed by atoms with Gasteiger partial charge in [-0.25, -0.2) is 0 Å².